The van der Waals surface area contributed by atoms with Gasteiger partial charge in [0, 0.05) is 13.1 Å². The number of hydrogen-bond donors (Lipinski definition) is 2. The number of nitrogen functional groups attached to an aromatic ring is 2. The van der Waals surface area contributed by atoms with Gasteiger partial charge in [0.05, 0.1) is 0 Å². The van der Waals surface area contributed by atoms with Crippen LogP contribution in [0.25, 0.3) is 0 Å². The first-order chi connectivity index (χ1) is 5.75. The number of hydrogen-bond acceptors (Lipinski definition) is 6. The lowest BCUT2D eigenvalue weighted by molar-refractivity contribution is 0.600. The maximum Gasteiger partial charge on any atom is 0.231 e. The average molecular weight is 166 g/mol. The van der Waals surface area contributed by atoms with Crippen molar-refractivity contribution in [2.45, 2.75) is 6.42 Å². The summed E-state index contributed by atoms with van der Waals surface area (Å²) in [5.74, 6) is 0.958. The van der Waals surface area contributed by atoms with E-state index in [2.05, 4.69) is 15.0 Å². The fraction of sp³-hybridized carbons (Fsp3) is 0.500. The third kappa shape index (κ3) is 1.11. The van der Waals surface area contributed by atoms with Crippen LogP contribution in [0.15, 0.2) is 0 Å². The van der Waals surface area contributed by atoms with E-state index in [1.807, 2.05) is 4.90 Å². The largest absolute Gasteiger partial charge is 0.368 e. The molecule has 1 aromatic heterocycles. The highest BCUT2D eigenvalue weighted by molar-refractivity contribution is 5.41. The van der Waals surface area contributed by atoms with Gasteiger partial charge in [-0.1, -0.05) is 0 Å². The monoisotopic (exact) mass is 166 g/mol. The molecule has 0 aromatic carbocycles. The van der Waals surface area contributed by atoms with Crippen molar-refractivity contribution in [2.75, 3.05) is 29.5 Å². The van der Waals surface area contributed by atoms with Gasteiger partial charge in [0.1, 0.15) is 0 Å². The van der Waals surface area contributed by atoms with E-state index in [0.717, 1.165) is 13.1 Å². The van der Waals surface area contributed by atoms with Gasteiger partial charge < -0.3 is 16.4 Å². The van der Waals surface area contributed by atoms with Gasteiger partial charge in [-0.15, -0.1) is 0 Å². The molecule has 12 heavy (non-hydrogen) atoms. The van der Waals surface area contributed by atoms with Crippen LogP contribution in [-0.2, 0) is 0 Å². The summed E-state index contributed by atoms with van der Waals surface area (Å²) in [6.07, 6.45) is 1.17. The first-order valence-electron chi connectivity index (χ1n) is 3.78. The molecule has 1 aliphatic rings. The number of nitrogens with zero attached hydrogens (tertiary/aromatic N) is 4. The first-order valence-corrected chi connectivity index (χ1v) is 3.78. The van der Waals surface area contributed by atoms with E-state index in [1.165, 1.54) is 6.42 Å². The van der Waals surface area contributed by atoms with Gasteiger partial charge in [0.2, 0.25) is 17.8 Å². The molecule has 1 fully saturated rings. The molecule has 0 bridgehead atoms. The zero-order valence-corrected chi connectivity index (χ0v) is 6.56. The molecule has 0 spiro atoms. The Labute approximate surface area is 69.6 Å². The van der Waals surface area contributed by atoms with Gasteiger partial charge in [-0.3, -0.25) is 0 Å². The van der Waals surface area contributed by atoms with Crippen LogP contribution in [-0.4, -0.2) is 28.0 Å². The second-order valence-corrected chi connectivity index (χ2v) is 2.69. The Balaban J connectivity index is 2.30. The minimum absolute atomic E-state index is 0.185. The number of nitrogens with two attached hydrogens (primary N) is 2. The minimum Gasteiger partial charge on any atom is -0.368 e. The van der Waals surface area contributed by atoms with Crippen molar-refractivity contribution in [3.8, 4) is 0 Å². The molecule has 0 unspecified atom stereocenters. The van der Waals surface area contributed by atoms with Crippen molar-refractivity contribution in [2.24, 2.45) is 0 Å². The molecule has 4 N–H and O–H groups in total. The summed E-state index contributed by atoms with van der Waals surface area (Å²) in [5, 5.41) is 0. The second kappa shape index (κ2) is 2.47. The van der Waals surface area contributed by atoms with Gasteiger partial charge in [0.15, 0.2) is 0 Å². The number of anilines is 3. The van der Waals surface area contributed by atoms with Crippen LogP contribution in [0, 0.1) is 0 Å². The third-order valence-corrected chi connectivity index (χ3v) is 1.80. The summed E-state index contributed by atoms with van der Waals surface area (Å²) in [6, 6.07) is 0. The Morgan fingerprint density at radius 2 is 1.58 bits per heavy atom. The van der Waals surface area contributed by atoms with Crippen LogP contribution in [0.4, 0.5) is 17.8 Å². The molecular weight excluding hydrogens is 156 g/mol. The number of rotatable bonds is 1. The van der Waals surface area contributed by atoms with Crippen molar-refractivity contribution in [1.82, 2.24) is 15.0 Å². The lowest BCUT2D eigenvalue weighted by atomic mass is 10.2. The molecule has 0 aliphatic carbocycles. The van der Waals surface area contributed by atoms with E-state index < -0.39 is 0 Å². The van der Waals surface area contributed by atoms with E-state index in [1.54, 1.807) is 0 Å². The maximum atomic E-state index is 5.41. The fourth-order valence-electron chi connectivity index (χ4n) is 1.05. The highest BCUT2D eigenvalue weighted by Crippen LogP contribution is 2.16. The van der Waals surface area contributed by atoms with Gasteiger partial charge in [-0.2, -0.15) is 15.0 Å². The molecule has 6 nitrogen and oxygen atoms in total. The lowest BCUT2D eigenvalue weighted by Gasteiger charge is -2.30. The quantitative estimate of drug-likeness (QED) is 0.570. The molecule has 64 valence electrons. The van der Waals surface area contributed by atoms with Crippen LogP contribution >= 0.6 is 0 Å². The Hall–Kier alpha value is -1.59. The minimum atomic E-state index is 0.185. The standard InChI is InChI=1S/C6H10N6/c7-4-9-5(8)11-6(10-4)12-2-1-3-12/h1-3H2,(H4,7,8,9,10,11). The summed E-state index contributed by atoms with van der Waals surface area (Å²) in [4.78, 5) is 13.6. The average Bonchev–Trinajstić information content (AvgIpc) is 1.79. The Bertz CT molecular complexity index is 274. The summed E-state index contributed by atoms with van der Waals surface area (Å²) in [7, 11) is 0. The molecule has 2 rings (SSSR count). The van der Waals surface area contributed by atoms with Gasteiger partial charge in [-0.05, 0) is 6.42 Å². The SMILES string of the molecule is Nc1nc(N)nc(N2CCC2)n1. The van der Waals surface area contributed by atoms with E-state index >= 15 is 0 Å². The zero-order chi connectivity index (χ0) is 8.55. The maximum absolute atomic E-state index is 5.41. The molecule has 1 aliphatic heterocycles. The van der Waals surface area contributed by atoms with Crippen LogP contribution in [0.5, 0.6) is 0 Å². The third-order valence-electron chi connectivity index (χ3n) is 1.80. The predicted molar refractivity (Wildman–Crippen MR) is 45.5 cm³/mol. The molecule has 2 heterocycles. The van der Waals surface area contributed by atoms with Gasteiger partial charge in [0.25, 0.3) is 0 Å². The molecule has 6 heteroatoms. The van der Waals surface area contributed by atoms with Gasteiger partial charge in [-0.25, -0.2) is 0 Å². The van der Waals surface area contributed by atoms with E-state index in [4.69, 9.17) is 11.5 Å². The van der Waals surface area contributed by atoms with Crippen molar-refractivity contribution < 1.29 is 0 Å². The Morgan fingerprint density at radius 3 is 2.00 bits per heavy atom. The molecule has 0 amide bonds. The lowest BCUT2D eigenvalue weighted by Crippen LogP contribution is -2.38. The zero-order valence-electron chi connectivity index (χ0n) is 6.56. The number of aromatic nitrogens is 3. The first kappa shape index (κ1) is 7.08. The predicted octanol–water partition coefficient (Wildman–Crippen LogP) is -0.754. The summed E-state index contributed by atoms with van der Waals surface area (Å²) < 4.78 is 0. The fourth-order valence-corrected chi connectivity index (χ4v) is 1.05. The van der Waals surface area contributed by atoms with Crippen LogP contribution in [0.1, 0.15) is 6.42 Å². The molecule has 1 aromatic rings. The van der Waals surface area contributed by atoms with Gasteiger partial charge >= 0.3 is 0 Å². The van der Waals surface area contributed by atoms with Crippen molar-refractivity contribution >= 4 is 17.8 Å². The Kier molecular flexibility index (Phi) is 1.46. The summed E-state index contributed by atoms with van der Waals surface area (Å²) in [6.45, 7) is 1.95. The van der Waals surface area contributed by atoms with E-state index in [0.29, 0.717) is 5.95 Å². The Morgan fingerprint density at radius 1 is 1.00 bits per heavy atom. The highest BCUT2D eigenvalue weighted by atomic mass is 15.3. The highest BCUT2D eigenvalue weighted by Gasteiger charge is 2.17. The van der Waals surface area contributed by atoms with Crippen LogP contribution < -0.4 is 16.4 Å². The molecule has 0 saturated carbocycles. The summed E-state index contributed by atoms with van der Waals surface area (Å²) in [5.41, 5.74) is 10.8. The molecule has 1 saturated heterocycles. The second-order valence-electron chi connectivity index (χ2n) is 2.69. The molecular formula is C6H10N6. The van der Waals surface area contributed by atoms with E-state index in [-0.39, 0.29) is 11.9 Å². The normalized spacial score (nSPS) is 15.8. The topological polar surface area (TPSA) is 93.9 Å². The smallest absolute Gasteiger partial charge is 0.231 e. The van der Waals surface area contributed by atoms with Crippen LogP contribution in [0.2, 0.25) is 0 Å². The van der Waals surface area contributed by atoms with Crippen molar-refractivity contribution in [1.29, 1.82) is 0 Å². The van der Waals surface area contributed by atoms with Crippen molar-refractivity contribution in [3.63, 3.8) is 0 Å². The van der Waals surface area contributed by atoms with Crippen molar-refractivity contribution in [3.05, 3.63) is 0 Å². The molecule has 0 atom stereocenters. The van der Waals surface area contributed by atoms with Crippen LogP contribution in [0.3, 0.4) is 0 Å². The summed E-state index contributed by atoms with van der Waals surface area (Å²) >= 11 is 0. The van der Waals surface area contributed by atoms with E-state index in [9.17, 15) is 0 Å². The molecule has 0 radical (unpaired) electrons.